The van der Waals surface area contributed by atoms with E-state index in [1.807, 2.05) is 6.92 Å². The first-order valence-electron chi connectivity index (χ1n) is 6.08. The van der Waals surface area contributed by atoms with Gasteiger partial charge in [0.2, 0.25) is 5.76 Å². The Bertz CT molecular complexity index is 573. The van der Waals surface area contributed by atoms with E-state index in [1.54, 1.807) is 38.1 Å². The molecule has 0 radical (unpaired) electrons. The molecule has 1 aromatic heterocycles. The predicted octanol–water partition coefficient (Wildman–Crippen LogP) is 2.94. The van der Waals surface area contributed by atoms with Gasteiger partial charge in [0.25, 0.3) is 5.91 Å². The quantitative estimate of drug-likeness (QED) is 0.918. The molecule has 0 aliphatic heterocycles. The minimum atomic E-state index is -0.303. The Kier molecular flexibility index (Phi) is 3.85. The summed E-state index contributed by atoms with van der Waals surface area (Å²) in [6, 6.07) is 7.16. The van der Waals surface area contributed by atoms with Crippen LogP contribution in [0, 0.1) is 13.8 Å². The number of anilines is 1. The van der Waals surface area contributed by atoms with Crippen LogP contribution >= 0.6 is 0 Å². The molecule has 0 spiro atoms. The van der Waals surface area contributed by atoms with Crippen LogP contribution in [-0.2, 0) is 0 Å². The monoisotopic (exact) mass is 260 g/mol. The van der Waals surface area contributed by atoms with E-state index < -0.39 is 0 Å². The topological polar surface area (TPSA) is 64.4 Å². The van der Waals surface area contributed by atoms with E-state index in [0.717, 1.165) is 5.75 Å². The number of hydrogen-bond acceptors (Lipinski definition) is 4. The molecule has 0 unspecified atom stereocenters. The zero-order valence-corrected chi connectivity index (χ0v) is 11.2. The van der Waals surface area contributed by atoms with Gasteiger partial charge in [-0.15, -0.1) is 0 Å². The van der Waals surface area contributed by atoms with Crippen molar-refractivity contribution in [3.8, 4) is 5.75 Å². The average molecular weight is 260 g/mol. The van der Waals surface area contributed by atoms with Crippen molar-refractivity contribution in [2.45, 2.75) is 20.8 Å². The summed E-state index contributed by atoms with van der Waals surface area (Å²) in [5, 5.41) is 2.75. The lowest BCUT2D eigenvalue weighted by molar-refractivity contribution is 0.0994. The molecule has 1 N–H and O–H groups in total. The van der Waals surface area contributed by atoms with Gasteiger partial charge in [-0.2, -0.15) is 0 Å². The molecule has 1 heterocycles. The molecule has 0 fully saturated rings. The lowest BCUT2D eigenvalue weighted by Gasteiger charge is -2.06. The van der Waals surface area contributed by atoms with E-state index in [-0.39, 0.29) is 11.7 Å². The number of carbonyl (C=O) groups is 1. The SMILES string of the molecule is CCOc1ccc(NC(=O)c2oc(C)nc2C)cc1. The minimum Gasteiger partial charge on any atom is -0.494 e. The minimum absolute atomic E-state index is 0.242. The molecule has 0 bridgehead atoms. The molecule has 0 saturated carbocycles. The van der Waals surface area contributed by atoms with Crippen molar-refractivity contribution in [2.24, 2.45) is 0 Å². The fraction of sp³-hybridized carbons (Fsp3) is 0.286. The standard InChI is InChI=1S/C14H16N2O3/c1-4-18-12-7-5-11(6-8-12)16-14(17)13-9(2)15-10(3)19-13/h5-8H,4H2,1-3H3,(H,16,17). The van der Waals surface area contributed by atoms with Crippen LogP contribution in [0.3, 0.4) is 0 Å². The van der Waals surface area contributed by atoms with E-state index in [9.17, 15) is 4.79 Å². The number of rotatable bonds is 4. The number of hydrogen-bond donors (Lipinski definition) is 1. The molecular formula is C14H16N2O3. The lowest BCUT2D eigenvalue weighted by atomic mass is 10.3. The Morgan fingerprint density at radius 3 is 2.53 bits per heavy atom. The van der Waals surface area contributed by atoms with Gasteiger partial charge in [0.15, 0.2) is 5.89 Å². The van der Waals surface area contributed by atoms with Gasteiger partial charge in [-0.05, 0) is 38.1 Å². The largest absolute Gasteiger partial charge is 0.494 e. The summed E-state index contributed by atoms with van der Waals surface area (Å²) in [6.07, 6.45) is 0. The number of ether oxygens (including phenoxy) is 1. The average Bonchev–Trinajstić information content (AvgIpc) is 2.71. The predicted molar refractivity (Wildman–Crippen MR) is 71.5 cm³/mol. The summed E-state index contributed by atoms with van der Waals surface area (Å²) in [4.78, 5) is 16.0. The van der Waals surface area contributed by atoms with Crippen molar-refractivity contribution < 1.29 is 13.9 Å². The van der Waals surface area contributed by atoms with Crippen molar-refractivity contribution >= 4 is 11.6 Å². The summed E-state index contributed by atoms with van der Waals surface area (Å²) in [5.74, 6) is 1.19. The molecule has 1 amide bonds. The van der Waals surface area contributed by atoms with Crippen LogP contribution < -0.4 is 10.1 Å². The van der Waals surface area contributed by atoms with Gasteiger partial charge in [0.1, 0.15) is 5.75 Å². The van der Waals surface area contributed by atoms with Crippen LogP contribution in [-0.4, -0.2) is 17.5 Å². The van der Waals surface area contributed by atoms with Crippen molar-refractivity contribution in [3.05, 3.63) is 41.6 Å². The van der Waals surface area contributed by atoms with Crippen molar-refractivity contribution in [3.63, 3.8) is 0 Å². The van der Waals surface area contributed by atoms with Gasteiger partial charge in [0, 0.05) is 12.6 Å². The second-order valence-electron chi connectivity index (χ2n) is 4.06. The molecular weight excluding hydrogens is 244 g/mol. The maximum Gasteiger partial charge on any atom is 0.293 e. The third-order valence-corrected chi connectivity index (χ3v) is 2.53. The van der Waals surface area contributed by atoms with Gasteiger partial charge < -0.3 is 14.5 Å². The molecule has 0 atom stereocenters. The second kappa shape index (κ2) is 5.56. The first-order chi connectivity index (χ1) is 9.10. The van der Waals surface area contributed by atoms with Gasteiger partial charge in [0.05, 0.1) is 12.3 Å². The highest BCUT2D eigenvalue weighted by atomic mass is 16.5. The van der Waals surface area contributed by atoms with E-state index in [0.29, 0.717) is 23.9 Å². The third kappa shape index (κ3) is 3.13. The summed E-state index contributed by atoms with van der Waals surface area (Å²) >= 11 is 0. The summed E-state index contributed by atoms with van der Waals surface area (Å²) < 4.78 is 10.6. The fourth-order valence-electron chi connectivity index (χ4n) is 1.73. The number of nitrogens with one attached hydrogen (secondary N) is 1. The summed E-state index contributed by atoms with van der Waals surface area (Å²) in [6.45, 7) is 5.98. The Balaban J connectivity index is 2.08. The highest BCUT2D eigenvalue weighted by Gasteiger charge is 2.15. The highest BCUT2D eigenvalue weighted by molar-refractivity contribution is 6.02. The zero-order valence-electron chi connectivity index (χ0n) is 11.2. The van der Waals surface area contributed by atoms with E-state index >= 15 is 0 Å². The molecule has 5 nitrogen and oxygen atoms in total. The molecule has 100 valence electrons. The van der Waals surface area contributed by atoms with Crippen LogP contribution in [0.1, 0.15) is 29.1 Å². The Hall–Kier alpha value is -2.30. The van der Waals surface area contributed by atoms with Crippen molar-refractivity contribution in [2.75, 3.05) is 11.9 Å². The van der Waals surface area contributed by atoms with Crippen LogP contribution in [0.25, 0.3) is 0 Å². The van der Waals surface area contributed by atoms with Gasteiger partial charge in [-0.25, -0.2) is 4.98 Å². The van der Waals surface area contributed by atoms with Gasteiger partial charge in [-0.3, -0.25) is 4.79 Å². The summed E-state index contributed by atoms with van der Waals surface area (Å²) in [7, 11) is 0. The molecule has 1 aromatic carbocycles. The maximum atomic E-state index is 12.0. The van der Waals surface area contributed by atoms with Crippen LogP contribution in [0.2, 0.25) is 0 Å². The Labute approximate surface area is 111 Å². The molecule has 2 aromatic rings. The van der Waals surface area contributed by atoms with Crippen LogP contribution in [0.5, 0.6) is 5.75 Å². The van der Waals surface area contributed by atoms with E-state index in [2.05, 4.69) is 10.3 Å². The molecule has 0 aliphatic carbocycles. The highest BCUT2D eigenvalue weighted by Crippen LogP contribution is 2.17. The lowest BCUT2D eigenvalue weighted by Crippen LogP contribution is -2.12. The first-order valence-corrected chi connectivity index (χ1v) is 6.08. The number of nitrogens with zero attached hydrogens (tertiary/aromatic N) is 1. The molecule has 0 aliphatic rings. The van der Waals surface area contributed by atoms with Gasteiger partial charge >= 0.3 is 0 Å². The Morgan fingerprint density at radius 2 is 2.00 bits per heavy atom. The molecule has 5 heteroatoms. The zero-order chi connectivity index (χ0) is 13.8. The van der Waals surface area contributed by atoms with Crippen molar-refractivity contribution in [1.29, 1.82) is 0 Å². The smallest absolute Gasteiger partial charge is 0.293 e. The van der Waals surface area contributed by atoms with Crippen LogP contribution in [0.15, 0.2) is 28.7 Å². The Morgan fingerprint density at radius 1 is 1.32 bits per heavy atom. The normalized spacial score (nSPS) is 10.3. The number of amides is 1. The molecule has 2 rings (SSSR count). The summed E-state index contributed by atoms with van der Waals surface area (Å²) in [5.41, 5.74) is 1.27. The maximum absolute atomic E-state index is 12.0. The third-order valence-electron chi connectivity index (χ3n) is 2.53. The van der Waals surface area contributed by atoms with Crippen molar-refractivity contribution in [1.82, 2.24) is 4.98 Å². The number of oxazole rings is 1. The van der Waals surface area contributed by atoms with E-state index in [4.69, 9.17) is 9.15 Å². The molecule has 19 heavy (non-hydrogen) atoms. The van der Waals surface area contributed by atoms with Gasteiger partial charge in [-0.1, -0.05) is 0 Å². The second-order valence-corrected chi connectivity index (χ2v) is 4.06. The first kappa shape index (κ1) is 13.1. The number of aromatic nitrogens is 1. The molecule has 0 saturated heterocycles. The van der Waals surface area contributed by atoms with Crippen LogP contribution in [0.4, 0.5) is 5.69 Å². The van der Waals surface area contributed by atoms with E-state index in [1.165, 1.54) is 0 Å². The fourth-order valence-corrected chi connectivity index (χ4v) is 1.73. The number of aryl methyl sites for hydroxylation is 2. The number of benzene rings is 1. The number of carbonyl (C=O) groups excluding carboxylic acids is 1.